The average molecular weight is 1340 g/mol. The molecule has 14 unspecified atom stereocenters. The van der Waals surface area contributed by atoms with E-state index in [4.69, 9.17) is 77.8 Å². The van der Waals surface area contributed by atoms with Crippen molar-refractivity contribution in [3.8, 4) is 0 Å². The molecule has 0 radical (unpaired) electrons. The van der Waals surface area contributed by atoms with Crippen LogP contribution in [0.3, 0.4) is 0 Å². The minimum atomic E-state index is -2.27. The molecule has 39 nitrogen and oxygen atoms in total. The van der Waals surface area contributed by atoms with Crippen LogP contribution in [0, 0.1) is 0 Å². The van der Waals surface area contributed by atoms with Crippen LogP contribution in [0.15, 0.2) is 0 Å². The number of aliphatic hydroxyl groups is 19. The molecule has 41 heteroatoms. The average Bonchev–Trinajstić information content (AvgIpc) is 0.983. The second-order valence-electron chi connectivity index (χ2n) is 22.3. The first kappa shape index (κ1) is 73.1. The molecule has 37 atom stereocenters. The van der Waals surface area contributed by atoms with Gasteiger partial charge in [0, 0.05) is 23.0 Å². The van der Waals surface area contributed by atoms with Gasteiger partial charge in [0.15, 0.2) is 44.0 Å². The number of hydrogen-bond donors (Lipinski definition) is 23. The highest BCUT2D eigenvalue weighted by Crippen LogP contribution is 2.40. The Balaban J connectivity index is 1.11. The van der Waals surface area contributed by atoms with Gasteiger partial charge >= 0.3 is 11.9 Å². The summed E-state index contributed by atoms with van der Waals surface area (Å²) in [6.07, 6.45) is -71.4. The van der Waals surface area contributed by atoms with Gasteiger partial charge in [-0.3, -0.25) is 9.59 Å². The highest BCUT2D eigenvalue weighted by Gasteiger charge is 2.60. The number of carboxylic acid groups (broad SMARTS) is 2. The van der Waals surface area contributed by atoms with Crippen molar-refractivity contribution < 1.29 is 183 Å². The lowest BCUT2D eigenvalue weighted by Gasteiger charge is -2.50. The van der Waals surface area contributed by atoms with E-state index in [9.17, 15) is 117 Å². The van der Waals surface area contributed by atoms with Crippen LogP contribution in [0.2, 0.25) is 0 Å². The van der Waals surface area contributed by atoms with E-state index in [-0.39, 0.29) is 11.5 Å². The molecule has 21 aliphatic heterocycles. The number of aliphatic hydroxyl groups excluding tert-OH is 19. The van der Waals surface area contributed by atoms with Gasteiger partial charge in [0.25, 0.3) is 0 Å². The van der Waals surface area contributed by atoms with Crippen molar-refractivity contribution in [2.45, 2.75) is 227 Å². The summed E-state index contributed by atoms with van der Waals surface area (Å²) in [5.41, 5.74) is 11.4. The quantitative estimate of drug-likeness (QED) is 0.0724. The van der Waals surface area contributed by atoms with Crippen LogP contribution < -0.4 is 11.5 Å². The molecule has 21 aliphatic rings. The molecule has 21 heterocycles. The number of aliphatic carboxylic acids is 2. The fourth-order valence-electron chi connectivity index (χ4n) is 11.2. The maximum Gasteiger partial charge on any atom is 0.321 e. The van der Waals surface area contributed by atoms with Crippen LogP contribution in [0.4, 0.5) is 0 Å². The van der Waals surface area contributed by atoms with Crippen LogP contribution in [-0.4, -0.2) is 402 Å². The minimum Gasteiger partial charge on any atom is -0.480 e. The molecule has 25 N–H and O–H groups in total. The monoisotopic (exact) mass is 1340 g/mol. The zero-order valence-electron chi connectivity index (χ0n) is 46.6. The van der Waals surface area contributed by atoms with Gasteiger partial charge in [-0.05, 0) is 0 Å². The van der Waals surface area contributed by atoms with Crippen molar-refractivity contribution in [2.75, 3.05) is 56.0 Å². The zero-order chi connectivity index (χ0) is 65.2. The highest BCUT2D eigenvalue weighted by atomic mass is 32.2. The Hall–Kier alpha value is -1.76. The molecule has 0 saturated carbocycles. The highest BCUT2D eigenvalue weighted by molar-refractivity contribution is 7.99. The second-order valence-corrected chi connectivity index (χ2v) is 24.4. The molecule has 0 aromatic heterocycles. The summed E-state index contributed by atoms with van der Waals surface area (Å²) in [5, 5.41) is 233. The predicted molar refractivity (Wildman–Crippen MR) is 280 cm³/mol. The molecule has 516 valence electrons. The summed E-state index contributed by atoms with van der Waals surface area (Å²) < 4.78 is 81.6. The van der Waals surface area contributed by atoms with E-state index >= 15 is 0 Å². The van der Waals surface area contributed by atoms with Gasteiger partial charge < -0.3 is 185 Å². The topological polar surface area (TPSA) is 640 Å². The van der Waals surface area contributed by atoms with Gasteiger partial charge in [0.1, 0.15) is 171 Å². The smallest absolute Gasteiger partial charge is 0.321 e. The van der Waals surface area contributed by atoms with Crippen LogP contribution in [0.1, 0.15) is 0 Å². The Labute approximate surface area is 511 Å². The maximum absolute atomic E-state index is 11.7. The molecule has 89 heavy (non-hydrogen) atoms. The standard InChI is InChI=1S/C48H80N2O37S2/c49-10(40(70)71)6-88-8-17-38-25(62)32(69)48(80-17)85-37-16(5-55)76-44(28(65)21(37)58)83-35-14(3-53)78-46(30(67)23(35)60)87-39-18(9-89-7-11(50)41(72)73)79-47(31(68)24(39)61)84-36-15(4-54)75-43(27(64)20(36)57)81-33-12(1-51)74-42(26(63)19(33)56)82-34-13(2-52)77-45(86-38)29(66)22(34)59/h10-39,42-48,51-69H,1-9,49-50H2,(H,70,71)(H,72,73)/t10-,11-,12?,13?,14?,15?,16?,17?,18?,19-,20-,21-,22-,23-,24-,25-,26?,27?,28?,29?,30?,31?,32?,33-,34-,35-,36+,37-,38-,39-,42-,43-,44+,45+,46+,47+,48-/m1/s1. The Kier molecular flexibility index (Phi) is 26.2. The number of rotatable bonds is 15. The summed E-state index contributed by atoms with van der Waals surface area (Å²) in [5.74, 6) is -4.26. The third-order valence-electron chi connectivity index (χ3n) is 16.2. The zero-order valence-corrected chi connectivity index (χ0v) is 48.3. The lowest BCUT2D eigenvalue weighted by molar-refractivity contribution is -0.395. The SMILES string of the molecule is N[C@H](CSCC1O[C@@H]2O[C@@H]3C(CO)O[C@@H](O[C@@H]4C(CO)O[C@@H](O[C@@H]5C(CSC[C@@H](N)C(=O)O)O[C@@H](O[C@H]6C(CO)O[C@H](O[C@@H]7C(CO)O[C@H](O[C@@H]8C(CO)O[C@@H](O[C@H]1[C@H](O)C2O)C(O)[C@H]8O)C(O)[C@H]7O)C(O)[C@H]6O)C(O)[C@H]5O)C(O)[C@H]4O)C(O)[C@H]3O)C(=O)O. The largest absolute Gasteiger partial charge is 0.480 e. The van der Waals surface area contributed by atoms with Gasteiger partial charge in [0.2, 0.25) is 0 Å². The maximum atomic E-state index is 11.7. The summed E-state index contributed by atoms with van der Waals surface area (Å²) in [6, 6.07) is -2.94. The number of ether oxygens (including phenoxy) is 14. The number of carbonyl (C=O) groups is 2. The van der Waals surface area contributed by atoms with E-state index in [2.05, 4.69) is 0 Å². The van der Waals surface area contributed by atoms with E-state index in [1.807, 2.05) is 0 Å². The fraction of sp³-hybridized carbons (Fsp3) is 0.958. The number of nitrogens with two attached hydrogens (primary N) is 2. The molecule has 0 aliphatic carbocycles. The van der Waals surface area contributed by atoms with Crippen LogP contribution in [0.5, 0.6) is 0 Å². The molecule has 0 aromatic rings. The van der Waals surface area contributed by atoms with E-state index < -0.39 is 284 Å². The first-order valence-electron chi connectivity index (χ1n) is 28.1. The Morgan fingerprint density at radius 2 is 0.438 bits per heavy atom. The Bertz CT molecular complexity index is 2200. The normalized spacial score (nSPS) is 50.1. The lowest BCUT2D eigenvalue weighted by Crippen LogP contribution is -2.68. The first-order valence-corrected chi connectivity index (χ1v) is 30.4. The summed E-state index contributed by atoms with van der Waals surface area (Å²) in [7, 11) is 0. The molecule has 21 fully saturated rings. The van der Waals surface area contributed by atoms with Crippen LogP contribution >= 0.6 is 23.5 Å². The second kappa shape index (κ2) is 31.9. The molecule has 0 amide bonds. The fourth-order valence-corrected chi connectivity index (χ4v) is 13.2. The molecule has 21 saturated heterocycles. The van der Waals surface area contributed by atoms with Gasteiger partial charge in [-0.25, -0.2) is 0 Å². The van der Waals surface area contributed by atoms with Crippen molar-refractivity contribution in [3.05, 3.63) is 0 Å². The van der Waals surface area contributed by atoms with Gasteiger partial charge in [-0.1, -0.05) is 0 Å². The van der Waals surface area contributed by atoms with E-state index in [1.54, 1.807) is 0 Å². The number of thioether (sulfide) groups is 2. The first-order chi connectivity index (χ1) is 42.2. The molecule has 14 bridgehead atoms. The van der Waals surface area contributed by atoms with Crippen molar-refractivity contribution >= 4 is 35.5 Å². The van der Waals surface area contributed by atoms with Gasteiger partial charge in [0.05, 0.1) is 45.2 Å². The van der Waals surface area contributed by atoms with Crippen molar-refractivity contribution in [1.82, 2.24) is 0 Å². The lowest BCUT2D eigenvalue weighted by atomic mass is 9.95. The number of carboxylic acids is 2. The number of hydrogen-bond acceptors (Lipinski definition) is 39. The summed E-state index contributed by atoms with van der Waals surface area (Å²) >= 11 is 1.60. The van der Waals surface area contributed by atoms with E-state index in [1.165, 1.54) is 0 Å². The predicted octanol–water partition coefficient (Wildman–Crippen LogP) is -14.9. The molecule has 0 spiro atoms. The Morgan fingerprint density at radius 1 is 0.281 bits per heavy atom. The van der Waals surface area contributed by atoms with E-state index in [0.29, 0.717) is 0 Å². The molecule has 21 rings (SSSR count). The van der Waals surface area contributed by atoms with Crippen molar-refractivity contribution in [3.63, 3.8) is 0 Å². The third-order valence-corrected chi connectivity index (χ3v) is 18.5. The summed E-state index contributed by atoms with van der Waals surface area (Å²) in [4.78, 5) is 23.2. The molecular formula is C48H80N2O37S2. The van der Waals surface area contributed by atoms with Gasteiger partial charge in [-0.15, -0.1) is 0 Å². The van der Waals surface area contributed by atoms with Crippen molar-refractivity contribution in [1.29, 1.82) is 0 Å². The van der Waals surface area contributed by atoms with Crippen LogP contribution in [0.25, 0.3) is 0 Å². The minimum absolute atomic E-state index is 0.319. The molecule has 0 aromatic carbocycles. The van der Waals surface area contributed by atoms with Gasteiger partial charge in [-0.2, -0.15) is 23.5 Å². The summed E-state index contributed by atoms with van der Waals surface area (Å²) in [6.45, 7) is -5.43. The van der Waals surface area contributed by atoms with Crippen molar-refractivity contribution in [2.24, 2.45) is 11.5 Å². The Morgan fingerprint density at radius 3 is 0.596 bits per heavy atom. The molecular weight excluding hydrogens is 1260 g/mol. The third kappa shape index (κ3) is 15.9. The van der Waals surface area contributed by atoms with E-state index in [0.717, 1.165) is 23.5 Å². The van der Waals surface area contributed by atoms with Crippen LogP contribution in [-0.2, 0) is 75.9 Å².